The Morgan fingerprint density at radius 1 is 0.930 bits per heavy atom. The molecule has 2 aromatic carbocycles. The van der Waals surface area contributed by atoms with Crippen LogP contribution in [0.25, 0.3) is 34.0 Å². The highest BCUT2D eigenvalue weighted by Crippen LogP contribution is 2.31. The van der Waals surface area contributed by atoms with Crippen LogP contribution >= 0.6 is 0 Å². The SMILES string of the molecule is CCCCN(CCCC)CCCn1cc(CNc2cc3c(cc2F)c(N2CCN(C)CC2)cc(/C=C/c2cc4ccc(N(CC)CC)cc4oc2=O)[n+]3C)nn1.[I-]. The molecule has 308 valence electrons. The highest BCUT2D eigenvalue weighted by atomic mass is 127. The van der Waals surface area contributed by atoms with Crippen molar-refractivity contribution in [1.82, 2.24) is 24.8 Å². The Hall–Kier alpha value is -4.08. The van der Waals surface area contributed by atoms with Crippen LogP contribution in [0.1, 0.15) is 76.8 Å². The van der Waals surface area contributed by atoms with Gasteiger partial charge in [0.05, 0.1) is 35.1 Å². The second kappa shape index (κ2) is 21.1. The molecule has 1 saturated heterocycles. The summed E-state index contributed by atoms with van der Waals surface area (Å²) < 4.78 is 25.7. The Bertz CT molecular complexity index is 2150. The van der Waals surface area contributed by atoms with Crippen LogP contribution in [0.3, 0.4) is 0 Å². The number of hydrogen-bond acceptors (Lipinski definition) is 9. The van der Waals surface area contributed by atoms with E-state index < -0.39 is 0 Å². The van der Waals surface area contributed by atoms with Crippen molar-refractivity contribution in [3.05, 3.63) is 81.9 Å². The molecule has 1 N–H and O–H groups in total. The first kappa shape index (κ1) is 44.0. The lowest BCUT2D eigenvalue weighted by Crippen LogP contribution is -3.00. The zero-order valence-electron chi connectivity index (χ0n) is 34.7. The van der Waals surface area contributed by atoms with Gasteiger partial charge in [-0.2, -0.15) is 4.57 Å². The summed E-state index contributed by atoms with van der Waals surface area (Å²) in [4.78, 5) is 22.6. The number of anilines is 3. The van der Waals surface area contributed by atoms with Crippen LogP contribution in [0.4, 0.5) is 21.5 Å². The molecular weight excluding hydrogens is 832 g/mol. The third-order valence-electron chi connectivity index (χ3n) is 11.1. The third kappa shape index (κ3) is 11.1. The minimum Gasteiger partial charge on any atom is -1.00 e. The fraction of sp³-hybridized carbons (Fsp3) is 0.500. The standard InChI is InChI=1S/C44H60FN9O2.HI/c1-7-11-18-51(19-12-8-2)20-13-21-54-32-35(47-48-54)31-46-40-30-41-38(29-39(40)45)42(53-24-22-49(5)23-25-53)27-36(50(41)6)16-15-34-26-33-14-17-37(52(9-3)10-4)28-43(33)56-44(34)55;/h14-17,26-30,32H,7-13,18-25,31H2,1-6H3;1H/b16-15+;. The number of aryl methyl sites for hydroxylation is 2. The molecule has 3 aromatic heterocycles. The molecule has 0 saturated carbocycles. The number of benzene rings is 2. The molecule has 0 spiro atoms. The first-order valence-electron chi connectivity index (χ1n) is 20.7. The molecule has 4 heterocycles. The Morgan fingerprint density at radius 2 is 1.65 bits per heavy atom. The molecule has 13 heteroatoms. The monoisotopic (exact) mass is 893 g/mol. The van der Waals surface area contributed by atoms with Crippen molar-refractivity contribution in [2.75, 3.05) is 81.1 Å². The van der Waals surface area contributed by atoms with Gasteiger partial charge in [-0.3, -0.25) is 4.68 Å². The summed E-state index contributed by atoms with van der Waals surface area (Å²) in [6, 6.07) is 13.5. The lowest BCUT2D eigenvalue weighted by atomic mass is 10.1. The fourth-order valence-corrected chi connectivity index (χ4v) is 7.57. The van der Waals surface area contributed by atoms with Gasteiger partial charge in [0.2, 0.25) is 11.2 Å². The minimum atomic E-state index is -0.389. The third-order valence-corrected chi connectivity index (χ3v) is 11.1. The molecule has 0 unspecified atom stereocenters. The maximum Gasteiger partial charge on any atom is 0.343 e. The molecular formula is C44H61FIN9O2. The zero-order chi connectivity index (χ0) is 39.6. The minimum absolute atomic E-state index is 0. The van der Waals surface area contributed by atoms with E-state index in [1.54, 1.807) is 6.07 Å². The second-order valence-electron chi connectivity index (χ2n) is 15.1. The van der Waals surface area contributed by atoms with Crippen LogP contribution in [0.15, 0.2) is 57.9 Å². The summed E-state index contributed by atoms with van der Waals surface area (Å²) in [7, 11) is 4.10. The number of piperazine rings is 1. The largest absolute Gasteiger partial charge is 1.00 e. The van der Waals surface area contributed by atoms with Crippen LogP contribution in [0.5, 0.6) is 0 Å². The molecule has 11 nitrogen and oxygen atoms in total. The summed E-state index contributed by atoms with van der Waals surface area (Å²) in [5.41, 5.74) is 5.56. The number of aromatic nitrogens is 4. The average molecular weight is 894 g/mol. The first-order valence-corrected chi connectivity index (χ1v) is 20.7. The van der Waals surface area contributed by atoms with Gasteiger partial charge in [0.15, 0.2) is 0 Å². The van der Waals surface area contributed by atoms with Crippen LogP contribution in [-0.2, 0) is 20.1 Å². The number of rotatable bonds is 19. The van der Waals surface area contributed by atoms with Crippen molar-refractivity contribution in [2.24, 2.45) is 7.05 Å². The van der Waals surface area contributed by atoms with Gasteiger partial charge in [0, 0.05) is 81.2 Å². The van der Waals surface area contributed by atoms with Gasteiger partial charge >= 0.3 is 5.63 Å². The van der Waals surface area contributed by atoms with E-state index in [1.807, 2.05) is 54.3 Å². The molecule has 1 aliphatic rings. The zero-order valence-corrected chi connectivity index (χ0v) is 36.9. The molecule has 5 aromatic rings. The fourth-order valence-electron chi connectivity index (χ4n) is 7.57. The molecule has 57 heavy (non-hydrogen) atoms. The van der Waals surface area contributed by atoms with Crippen molar-refractivity contribution < 1.29 is 37.4 Å². The Kier molecular flexibility index (Phi) is 16.3. The summed E-state index contributed by atoms with van der Waals surface area (Å²) in [5, 5.41) is 13.8. The van der Waals surface area contributed by atoms with Gasteiger partial charge in [0.1, 0.15) is 24.1 Å². The molecule has 6 rings (SSSR count). The van der Waals surface area contributed by atoms with Gasteiger partial charge < -0.3 is 53.3 Å². The van der Waals surface area contributed by atoms with E-state index in [0.717, 1.165) is 111 Å². The van der Waals surface area contributed by atoms with Crippen LogP contribution in [0.2, 0.25) is 0 Å². The van der Waals surface area contributed by atoms with Gasteiger partial charge in [-0.25, -0.2) is 9.18 Å². The highest BCUT2D eigenvalue weighted by molar-refractivity contribution is 5.93. The summed E-state index contributed by atoms with van der Waals surface area (Å²) in [6.07, 6.45) is 11.6. The number of halogens is 2. The van der Waals surface area contributed by atoms with Crippen molar-refractivity contribution in [1.29, 1.82) is 0 Å². The number of hydrogen-bond donors (Lipinski definition) is 1. The number of pyridine rings is 1. The van der Waals surface area contributed by atoms with Gasteiger partial charge in [-0.05, 0) is 90.1 Å². The summed E-state index contributed by atoms with van der Waals surface area (Å²) in [5.74, 6) is -0.319. The Morgan fingerprint density at radius 3 is 2.35 bits per heavy atom. The topological polar surface area (TPSA) is 89.8 Å². The molecule has 0 bridgehead atoms. The predicted molar refractivity (Wildman–Crippen MR) is 228 cm³/mol. The van der Waals surface area contributed by atoms with E-state index in [0.29, 0.717) is 23.4 Å². The number of likely N-dealkylation sites (N-methyl/N-ethyl adjacent to an activating group) is 1. The highest BCUT2D eigenvalue weighted by Gasteiger charge is 2.24. The van der Waals surface area contributed by atoms with Gasteiger partial charge in [0.25, 0.3) is 0 Å². The van der Waals surface area contributed by atoms with E-state index in [-0.39, 0.29) is 35.4 Å². The van der Waals surface area contributed by atoms with Crippen LogP contribution in [-0.4, -0.2) is 90.7 Å². The molecule has 1 fully saturated rings. The normalized spacial score (nSPS) is 13.6. The Labute approximate surface area is 354 Å². The maximum atomic E-state index is 15.9. The lowest BCUT2D eigenvalue weighted by molar-refractivity contribution is -0.646. The quantitative estimate of drug-likeness (QED) is 0.0746. The smallest absolute Gasteiger partial charge is 0.343 e. The molecule has 0 amide bonds. The van der Waals surface area contributed by atoms with Crippen molar-refractivity contribution in [2.45, 2.75) is 72.9 Å². The van der Waals surface area contributed by atoms with E-state index >= 15 is 4.39 Å². The predicted octanol–water partition coefficient (Wildman–Crippen LogP) is 4.18. The van der Waals surface area contributed by atoms with E-state index in [2.05, 4.69) is 86.7 Å². The molecule has 0 aliphatic carbocycles. The second-order valence-corrected chi connectivity index (χ2v) is 15.1. The number of unbranched alkanes of at least 4 members (excludes halogenated alkanes) is 2. The summed E-state index contributed by atoms with van der Waals surface area (Å²) in [6.45, 7) is 18.4. The number of nitrogens with zero attached hydrogens (tertiary/aromatic N) is 8. The van der Waals surface area contributed by atoms with E-state index in [4.69, 9.17) is 4.42 Å². The summed E-state index contributed by atoms with van der Waals surface area (Å²) >= 11 is 0. The van der Waals surface area contributed by atoms with E-state index in [9.17, 15) is 4.79 Å². The van der Waals surface area contributed by atoms with Crippen molar-refractivity contribution in [3.8, 4) is 0 Å². The maximum absolute atomic E-state index is 15.9. The van der Waals surface area contributed by atoms with Crippen molar-refractivity contribution >= 4 is 51.1 Å². The number of nitrogens with one attached hydrogen (secondary N) is 1. The van der Waals surface area contributed by atoms with Crippen LogP contribution in [0, 0.1) is 5.82 Å². The van der Waals surface area contributed by atoms with Gasteiger partial charge in [-0.15, -0.1) is 5.10 Å². The molecule has 1 aliphatic heterocycles. The first-order chi connectivity index (χ1) is 27.2. The van der Waals surface area contributed by atoms with Crippen LogP contribution < -0.4 is 49.3 Å². The van der Waals surface area contributed by atoms with Gasteiger partial charge in [-0.1, -0.05) is 31.9 Å². The van der Waals surface area contributed by atoms with Crippen molar-refractivity contribution in [3.63, 3.8) is 0 Å². The average Bonchev–Trinajstić information content (AvgIpc) is 3.66. The molecule has 0 atom stereocenters. The van der Waals surface area contributed by atoms with E-state index in [1.165, 1.54) is 25.7 Å². The number of fused-ring (bicyclic) bond motifs is 2. The Balaban J connectivity index is 0.00000620. The molecule has 0 radical (unpaired) electrons. The lowest BCUT2D eigenvalue weighted by Gasteiger charge is -2.34.